The molecule has 11 heteroatoms. The fraction of sp³-hybridized carbons (Fsp3) is 0.391. The molecule has 0 aliphatic carbocycles. The second-order valence-electron chi connectivity index (χ2n) is 8.15. The third-order valence-corrected chi connectivity index (χ3v) is 7.90. The van der Waals surface area contributed by atoms with Crippen molar-refractivity contribution in [1.82, 2.24) is 19.5 Å². The first-order valence-corrected chi connectivity index (χ1v) is 12.8. The maximum absolute atomic E-state index is 12.7. The Hall–Kier alpha value is -3.31. The van der Waals surface area contributed by atoms with Crippen LogP contribution in [0.1, 0.15) is 33.6 Å². The van der Waals surface area contributed by atoms with Crippen molar-refractivity contribution in [2.45, 2.75) is 12.8 Å². The predicted octanol–water partition coefficient (Wildman–Crippen LogP) is 0.726. The lowest BCUT2D eigenvalue weighted by molar-refractivity contribution is -0.121. The van der Waals surface area contributed by atoms with E-state index in [-0.39, 0.29) is 37.6 Å². The van der Waals surface area contributed by atoms with Crippen molar-refractivity contribution in [3.8, 4) is 0 Å². The summed E-state index contributed by atoms with van der Waals surface area (Å²) in [6, 6.07) is 12.2. The van der Waals surface area contributed by atoms with Crippen LogP contribution in [0.4, 0.5) is 5.82 Å². The molecule has 34 heavy (non-hydrogen) atoms. The number of nitrogens with one attached hydrogen (secondary N) is 1. The Labute approximate surface area is 198 Å². The van der Waals surface area contributed by atoms with Gasteiger partial charge in [0, 0.05) is 51.9 Å². The summed E-state index contributed by atoms with van der Waals surface area (Å²) < 4.78 is 26.8. The first kappa shape index (κ1) is 23.8. The Bertz CT molecular complexity index is 1130. The Morgan fingerprint density at radius 3 is 2.21 bits per heavy atom. The van der Waals surface area contributed by atoms with Gasteiger partial charge in [0.15, 0.2) is 0 Å². The molecule has 0 bridgehead atoms. The third kappa shape index (κ3) is 5.26. The number of aromatic nitrogens is 1. The molecule has 4 rings (SSSR count). The van der Waals surface area contributed by atoms with E-state index in [1.54, 1.807) is 30.5 Å². The van der Waals surface area contributed by atoms with E-state index in [4.69, 9.17) is 0 Å². The average molecular weight is 486 g/mol. The predicted molar refractivity (Wildman–Crippen MR) is 126 cm³/mol. The monoisotopic (exact) mass is 485 g/mol. The normalized spacial score (nSPS) is 16.6. The Balaban J connectivity index is 1.16. The summed E-state index contributed by atoms with van der Waals surface area (Å²) in [5, 5.41) is 2.67. The SMILES string of the molecule is O=C(CCN1C(=O)c2ccccc2C1=O)NCCCS(=O)(=O)N1CCN(c2ccccn2)CC1. The van der Waals surface area contributed by atoms with Crippen molar-refractivity contribution in [2.75, 3.05) is 49.9 Å². The van der Waals surface area contributed by atoms with Crippen molar-refractivity contribution in [1.29, 1.82) is 0 Å². The molecule has 0 spiro atoms. The smallest absolute Gasteiger partial charge is 0.261 e. The second kappa shape index (κ2) is 10.3. The summed E-state index contributed by atoms with van der Waals surface area (Å²) in [4.78, 5) is 44.3. The first-order valence-electron chi connectivity index (χ1n) is 11.2. The van der Waals surface area contributed by atoms with E-state index in [1.165, 1.54) is 4.31 Å². The van der Waals surface area contributed by atoms with Crippen LogP contribution in [-0.2, 0) is 14.8 Å². The van der Waals surface area contributed by atoms with E-state index in [9.17, 15) is 22.8 Å². The van der Waals surface area contributed by atoms with Gasteiger partial charge >= 0.3 is 0 Å². The van der Waals surface area contributed by atoms with Crippen molar-refractivity contribution >= 4 is 33.6 Å². The number of benzene rings is 1. The fourth-order valence-corrected chi connectivity index (χ4v) is 5.58. The van der Waals surface area contributed by atoms with Crippen molar-refractivity contribution in [2.24, 2.45) is 0 Å². The molecule has 1 aromatic carbocycles. The molecule has 1 saturated heterocycles. The lowest BCUT2D eigenvalue weighted by Gasteiger charge is -2.34. The molecule has 3 heterocycles. The van der Waals surface area contributed by atoms with Gasteiger partial charge in [-0.3, -0.25) is 19.3 Å². The number of imide groups is 1. The van der Waals surface area contributed by atoms with Crippen LogP contribution in [0.5, 0.6) is 0 Å². The van der Waals surface area contributed by atoms with Gasteiger partial charge in [-0.2, -0.15) is 4.31 Å². The highest BCUT2D eigenvalue weighted by Gasteiger charge is 2.35. The molecule has 180 valence electrons. The molecular formula is C23H27N5O5S. The van der Waals surface area contributed by atoms with Gasteiger partial charge in [-0.15, -0.1) is 0 Å². The molecule has 2 aromatic rings. The minimum atomic E-state index is -3.42. The Morgan fingerprint density at radius 2 is 1.59 bits per heavy atom. The zero-order chi connectivity index (χ0) is 24.1. The molecular weight excluding hydrogens is 458 g/mol. The van der Waals surface area contributed by atoms with Crippen LogP contribution in [0.25, 0.3) is 0 Å². The molecule has 0 atom stereocenters. The standard InChI is InChI=1S/C23H27N5O5S/c29-21(9-12-28-22(30)18-6-1-2-7-19(18)23(28)31)25-11-5-17-34(32,33)27-15-13-26(14-16-27)20-8-3-4-10-24-20/h1-4,6-8,10H,5,9,11-17H2,(H,25,29). The molecule has 0 radical (unpaired) electrons. The molecule has 1 aromatic heterocycles. The van der Waals surface area contributed by atoms with Gasteiger partial charge < -0.3 is 10.2 Å². The first-order chi connectivity index (χ1) is 16.4. The number of fused-ring (bicyclic) bond motifs is 1. The highest BCUT2D eigenvalue weighted by Crippen LogP contribution is 2.22. The summed E-state index contributed by atoms with van der Waals surface area (Å²) in [5.41, 5.74) is 0.693. The number of piperazine rings is 1. The minimum absolute atomic E-state index is 0.0168. The lowest BCUT2D eigenvalue weighted by Crippen LogP contribution is -2.49. The van der Waals surface area contributed by atoms with Gasteiger partial charge in [-0.25, -0.2) is 13.4 Å². The zero-order valence-electron chi connectivity index (χ0n) is 18.7. The Morgan fingerprint density at radius 1 is 0.941 bits per heavy atom. The van der Waals surface area contributed by atoms with Crippen LogP contribution in [-0.4, -0.2) is 85.3 Å². The number of carbonyl (C=O) groups excluding carboxylic acids is 3. The summed E-state index contributed by atoms with van der Waals surface area (Å²) in [7, 11) is -3.42. The largest absolute Gasteiger partial charge is 0.356 e. The summed E-state index contributed by atoms with van der Waals surface area (Å²) in [6.07, 6.45) is 1.96. The molecule has 1 N–H and O–H groups in total. The number of sulfonamides is 1. The van der Waals surface area contributed by atoms with Gasteiger partial charge in [0.25, 0.3) is 11.8 Å². The maximum atomic E-state index is 12.7. The van der Waals surface area contributed by atoms with Crippen LogP contribution >= 0.6 is 0 Å². The number of pyridine rings is 1. The van der Waals surface area contributed by atoms with E-state index in [0.717, 1.165) is 10.7 Å². The molecule has 2 aliphatic rings. The van der Waals surface area contributed by atoms with E-state index >= 15 is 0 Å². The summed E-state index contributed by atoms with van der Waals surface area (Å²) in [5.74, 6) is -0.360. The van der Waals surface area contributed by atoms with Gasteiger partial charge in [-0.1, -0.05) is 18.2 Å². The van der Waals surface area contributed by atoms with Gasteiger partial charge in [0.2, 0.25) is 15.9 Å². The summed E-state index contributed by atoms with van der Waals surface area (Å²) in [6.45, 7) is 2.12. The molecule has 1 fully saturated rings. The summed E-state index contributed by atoms with van der Waals surface area (Å²) >= 11 is 0. The fourth-order valence-electron chi connectivity index (χ4n) is 4.09. The van der Waals surface area contributed by atoms with E-state index in [2.05, 4.69) is 15.2 Å². The number of hydrogen-bond donors (Lipinski definition) is 1. The molecule has 0 saturated carbocycles. The van der Waals surface area contributed by atoms with Crippen LogP contribution in [0.3, 0.4) is 0 Å². The number of anilines is 1. The number of carbonyl (C=O) groups is 3. The van der Waals surface area contributed by atoms with Gasteiger partial charge in [0.05, 0.1) is 16.9 Å². The van der Waals surface area contributed by atoms with E-state index in [1.807, 2.05) is 18.2 Å². The van der Waals surface area contributed by atoms with Crippen LogP contribution in [0.15, 0.2) is 48.7 Å². The lowest BCUT2D eigenvalue weighted by atomic mass is 10.1. The van der Waals surface area contributed by atoms with Crippen LogP contribution < -0.4 is 10.2 Å². The quantitative estimate of drug-likeness (QED) is 0.411. The van der Waals surface area contributed by atoms with Gasteiger partial charge in [-0.05, 0) is 30.7 Å². The van der Waals surface area contributed by atoms with Crippen LogP contribution in [0.2, 0.25) is 0 Å². The minimum Gasteiger partial charge on any atom is -0.356 e. The number of rotatable bonds is 9. The maximum Gasteiger partial charge on any atom is 0.261 e. The zero-order valence-corrected chi connectivity index (χ0v) is 19.5. The van der Waals surface area contributed by atoms with E-state index < -0.39 is 21.8 Å². The van der Waals surface area contributed by atoms with Crippen LogP contribution in [0, 0.1) is 0 Å². The highest BCUT2D eigenvalue weighted by atomic mass is 32.2. The molecule has 2 aliphatic heterocycles. The highest BCUT2D eigenvalue weighted by molar-refractivity contribution is 7.89. The number of nitrogens with zero attached hydrogens (tertiary/aromatic N) is 4. The Kier molecular flexibility index (Phi) is 7.23. The molecule has 10 nitrogen and oxygen atoms in total. The van der Waals surface area contributed by atoms with E-state index in [0.29, 0.717) is 37.3 Å². The molecule has 0 unspecified atom stereocenters. The van der Waals surface area contributed by atoms with Crippen molar-refractivity contribution in [3.63, 3.8) is 0 Å². The second-order valence-corrected chi connectivity index (χ2v) is 10.2. The average Bonchev–Trinajstić information content (AvgIpc) is 3.10. The van der Waals surface area contributed by atoms with Crippen molar-refractivity contribution < 1.29 is 22.8 Å². The van der Waals surface area contributed by atoms with Crippen molar-refractivity contribution in [3.05, 3.63) is 59.8 Å². The number of hydrogen-bond acceptors (Lipinski definition) is 7. The topological polar surface area (TPSA) is 120 Å². The third-order valence-electron chi connectivity index (χ3n) is 5.95. The number of amides is 3. The van der Waals surface area contributed by atoms with Gasteiger partial charge in [0.1, 0.15) is 5.82 Å². The molecule has 3 amide bonds.